The van der Waals surface area contributed by atoms with Crippen molar-refractivity contribution in [2.75, 3.05) is 24.6 Å². The molecular formula is C17H21N3OS. The highest BCUT2D eigenvalue weighted by molar-refractivity contribution is 7.07. The van der Waals surface area contributed by atoms with E-state index in [4.69, 9.17) is 9.72 Å². The molecule has 1 unspecified atom stereocenters. The molecule has 4 nitrogen and oxygen atoms in total. The van der Waals surface area contributed by atoms with Crippen LogP contribution in [-0.4, -0.2) is 29.7 Å². The largest absolute Gasteiger partial charge is 0.370 e. The predicted molar refractivity (Wildman–Crippen MR) is 88.6 cm³/mol. The number of fused-ring (bicyclic) bond motifs is 1. The number of thiophene rings is 1. The minimum absolute atomic E-state index is 0.162. The second kappa shape index (κ2) is 5.97. The molecule has 0 N–H and O–H groups in total. The van der Waals surface area contributed by atoms with Gasteiger partial charge in [-0.3, -0.25) is 0 Å². The van der Waals surface area contributed by atoms with E-state index in [1.54, 1.807) is 11.3 Å². The molecule has 0 amide bonds. The zero-order valence-electron chi connectivity index (χ0n) is 12.9. The van der Waals surface area contributed by atoms with Crippen LogP contribution in [0.4, 0.5) is 5.82 Å². The van der Waals surface area contributed by atoms with Crippen LogP contribution in [-0.2, 0) is 17.6 Å². The molecule has 22 heavy (non-hydrogen) atoms. The minimum Gasteiger partial charge on any atom is -0.370 e. The van der Waals surface area contributed by atoms with Crippen LogP contribution >= 0.6 is 11.3 Å². The average molecular weight is 315 g/mol. The summed E-state index contributed by atoms with van der Waals surface area (Å²) in [7, 11) is 0. The number of nitrogens with zero attached hydrogens (tertiary/aromatic N) is 3. The normalized spacial score (nSPS) is 21.7. The zero-order valence-corrected chi connectivity index (χ0v) is 13.7. The van der Waals surface area contributed by atoms with E-state index < -0.39 is 0 Å². The van der Waals surface area contributed by atoms with Crippen LogP contribution < -0.4 is 4.90 Å². The van der Waals surface area contributed by atoms with Gasteiger partial charge in [-0.1, -0.05) is 0 Å². The second-order valence-corrected chi connectivity index (χ2v) is 6.87. The maximum Gasteiger partial charge on any atom is 0.135 e. The van der Waals surface area contributed by atoms with Gasteiger partial charge in [0.1, 0.15) is 17.7 Å². The fourth-order valence-electron chi connectivity index (χ4n) is 3.46. The number of hydrogen-bond acceptors (Lipinski definition) is 5. The summed E-state index contributed by atoms with van der Waals surface area (Å²) in [5, 5.41) is 4.31. The van der Waals surface area contributed by atoms with Gasteiger partial charge in [-0.2, -0.15) is 11.3 Å². The zero-order chi connectivity index (χ0) is 14.9. The molecule has 1 aliphatic heterocycles. The maximum absolute atomic E-state index is 5.97. The number of aromatic nitrogens is 2. The van der Waals surface area contributed by atoms with Crippen molar-refractivity contribution in [3.05, 3.63) is 39.5 Å². The predicted octanol–water partition coefficient (Wildman–Crippen LogP) is 3.30. The van der Waals surface area contributed by atoms with Gasteiger partial charge in [0.15, 0.2) is 0 Å². The Hall–Kier alpha value is -1.46. The molecule has 1 fully saturated rings. The molecule has 0 radical (unpaired) electrons. The van der Waals surface area contributed by atoms with Crippen LogP contribution in [0.25, 0.3) is 0 Å². The smallest absolute Gasteiger partial charge is 0.135 e. The van der Waals surface area contributed by atoms with Crippen molar-refractivity contribution < 1.29 is 4.74 Å². The van der Waals surface area contributed by atoms with E-state index in [2.05, 4.69) is 26.7 Å². The number of morpholine rings is 1. The van der Waals surface area contributed by atoms with Gasteiger partial charge in [-0.25, -0.2) is 9.97 Å². The van der Waals surface area contributed by atoms with Gasteiger partial charge in [-0.05, 0) is 55.0 Å². The van der Waals surface area contributed by atoms with E-state index in [-0.39, 0.29) is 6.10 Å². The van der Waals surface area contributed by atoms with Crippen molar-refractivity contribution in [3.63, 3.8) is 0 Å². The summed E-state index contributed by atoms with van der Waals surface area (Å²) in [5.41, 5.74) is 3.93. The molecule has 116 valence electrons. The Morgan fingerprint density at radius 1 is 1.27 bits per heavy atom. The molecule has 2 aromatic rings. The van der Waals surface area contributed by atoms with Gasteiger partial charge in [0.2, 0.25) is 0 Å². The monoisotopic (exact) mass is 315 g/mol. The van der Waals surface area contributed by atoms with Gasteiger partial charge in [0.25, 0.3) is 0 Å². The standard InChI is InChI=1S/C17H21N3OS/c1-12-18-15-5-3-2-4-14(15)17(19-12)20-7-8-21-16(10-20)13-6-9-22-11-13/h6,9,11,16H,2-5,7-8,10H2,1H3. The number of anilines is 1. The van der Waals surface area contributed by atoms with Crippen molar-refractivity contribution in [1.29, 1.82) is 0 Å². The minimum atomic E-state index is 0.162. The van der Waals surface area contributed by atoms with Gasteiger partial charge in [0, 0.05) is 24.3 Å². The molecule has 2 aliphatic rings. The van der Waals surface area contributed by atoms with Gasteiger partial charge in [-0.15, -0.1) is 0 Å². The lowest BCUT2D eigenvalue weighted by Crippen LogP contribution is -2.39. The fraction of sp³-hybridized carbons (Fsp3) is 0.529. The van der Waals surface area contributed by atoms with Crippen LogP contribution in [0.3, 0.4) is 0 Å². The molecule has 5 heteroatoms. The third-order valence-corrected chi connectivity index (χ3v) is 5.26. The summed E-state index contributed by atoms with van der Waals surface area (Å²) in [5.74, 6) is 2.06. The summed E-state index contributed by atoms with van der Waals surface area (Å²) in [4.78, 5) is 11.9. The first-order valence-corrected chi connectivity index (χ1v) is 9.00. The van der Waals surface area contributed by atoms with E-state index in [1.807, 2.05) is 6.92 Å². The first kappa shape index (κ1) is 14.2. The molecule has 2 aromatic heterocycles. The van der Waals surface area contributed by atoms with Crippen molar-refractivity contribution in [2.24, 2.45) is 0 Å². The molecular weight excluding hydrogens is 294 g/mol. The van der Waals surface area contributed by atoms with E-state index in [9.17, 15) is 0 Å². The van der Waals surface area contributed by atoms with Gasteiger partial charge < -0.3 is 9.64 Å². The van der Waals surface area contributed by atoms with Crippen LogP contribution in [0, 0.1) is 6.92 Å². The van der Waals surface area contributed by atoms with Gasteiger partial charge >= 0.3 is 0 Å². The fourth-order valence-corrected chi connectivity index (χ4v) is 4.16. The third-order valence-electron chi connectivity index (χ3n) is 4.55. The summed E-state index contributed by atoms with van der Waals surface area (Å²) < 4.78 is 5.97. The molecule has 1 aliphatic carbocycles. The number of ether oxygens (including phenoxy) is 1. The Morgan fingerprint density at radius 2 is 2.18 bits per heavy atom. The van der Waals surface area contributed by atoms with Crippen LogP contribution in [0.1, 0.15) is 41.6 Å². The Bertz CT molecular complexity index is 656. The summed E-state index contributed by atoms with van der Waals surface area (Å²) >= 11 is 1.73. The quantitative estimate of drug-likeness (QED) is 0.852. The lowest BCUT2D eigenvalue weighted by molar-refractivity contribution is 0.0397. The van der Waals surface area contributed by atoms with Crippen LogP contribution in [0.15, 0.2) is 16.8 Å². The molecule has 0 saturated carbocycles. The Kier molecular flexibility index (Phi) is 3.84. The van der Waals surface area contributed by atoms with Crippen molar-refractivity contribution in [1.82, 2.24) is 9.97 Å². The summed E-state index contributed by atoms with van der Waals surface area (Å²) in [6.45, 7) is 4.58. The van der Waals surface area contributed by atoms with Crippen molar-refractivity contribution in [3.8, 4) is 0 Å². The van der Waals surface area contributed by atoms with E-state index in [0.717, 1.165) is 44.2 Å². The molecule has 0 spiro atoms. The van der Waals surface area contributed by atoms with E-state index in [1.165, 1.54) is 29.7 Å². The maximum atomic E-state index is 5.97. The van der Waals surface area contributed by atoms with Crippen molar-refractivity contribution >= 4 is 17.2 Å². The molecule has 0 aromatic carbocycles. The molecule has 3 heterocycles. The van der Waals surface area contributed by atoms with Crippen LogP contribution in [0.2, 0.25) is 0 Å². The first-order chi connectivity index (χ1) is 10.8. The number of aryl methyl sites for hydroxylation is 2. The topological polar surface area (TPSA) is 38.2 Å². The third kappa shape index (κ3) is 2.63. The Labute approximate surface area is 135 Å². The molecule has 4 rings (SSSR count). The average Bonchev–Trinajstić information content (AvgIpc) is 3.09. The SMILES string of the molecule is Cc1nc2c(c(N3CCOC(c4ccsc4)C3)n1)CCCC2. The highest BCUT2D eigenvalue weighted by Crippen LogP contribution is 2.32. The highest BCUT2D eigenvalue weighted by Gasteiger charge is 2.27. The Morgan fingerprint density at radius 3 is 3.05 bits per heavy atom. The molecule has 1 saturated heterocycles. The van der Waals surface area contributed by atoms with Crippen molar-refractivity contribution in [2.45, 2.75) is 38.7 Å². The highest BCUT2D eigenvalue weighted by atomic mass is 32.1. The molecule has 0 bridgehead atoms. The van der Waals surface area contributed by atoms with E-state index in [0.29, 0.717) is 0 Å². The van der Waals surface area contributed by atoms with Crippen LogP contribution in [0.5, 0.6) is 0 Å². The first-order valence-electron chi connectivity index (χ1n) is 8.06. The summed E-state index contributed by atoms with van der Waals surface area (Å²) in [6.07, 6.45) is 4.89. The molecule has 1 atom stereocenters. The second-order valence-electron chi connectivity index (χ2n) is 6.09. The van der Waals surface area contributed by atoms with E-state index >= 15 is 0 Å². The number of rotatable bonds is 2. The Balaban J connectivity index is 1.65. The van der Waals surface area contributed by atoms with Gasteiger partial charge in [0.05, 0.1) is 6.61 Å². The lowest BCUT2D eigenvalue weighted by atomic mass is 9.95. The lowest BCUT2D eigenvalue weighted by Gasteiger charge is -2.35. The summed E-state index contributed by atoms with van der Waals surface area (Å²) in [6, 6.07) is 2.17. The number of hydrogen-bond donors (Lipinski definition) is 0.